The van der Waals surface area contributed by atoms with E-state index >= 15 is 0 Å². The summed E-state index contributed by atoms with van der Waals surface area (Å²) in [5, 5.41) is 6.32. The highest BCUT2D eigenvalue weighted by atomic mass is 32.1. The van der Waals surface area contributed by atoms with Crippen molar-refractivity contribution in [2.45, 2.75) is 58.9 Å². The van der Waals surface area contributed by atoms with Gasteiger partial charge in [0.15, 0.2) is 0 Å². The Balaban J connectivity index is 1.92. The summed E-state index contributed by atoms with van der Waals surface area (Å²) in [5.74, 6) is -1.05. The van der Waals surface area contributed by atoms with Gasteiger partial charge in [-0.2, -0.15) is 0 Å². The van der Waals surface area contributed by atoms with Crippen molar-refractivity contribution in [2.75, 3.05) is 11.9 Å². The second-order valence-corrected chi connectivity index (χ2v) is 8.58. The molecule has 2 N–H and O–H groups in total. The van der Waals surface area contributed by atoms with Crippen molar-refractivity contribution in [2.24, 2.45) is 0 Å². The molecular weight excluding hydrogens is 400 g/mol. The fourth-order valence-electron chi connectivity index (χ4n) is 3.77. The zero-order valence-corrected chi connectivity index (χ0v) is 18.5. The van der Waals surface area contributed by atoms with Gasteiger partial charge in [-0.3, -0.25) is 9.59 Å². The van der Waals surface area contributed by atoms with Gasteiger partial charge < -0.3 is 15.4 Å². The number of carbonyl (C=O) groups is 3. The zero-order valence-electron chi connectivity index (χ0n) is 17.7. The van der Waals surface area contributed by atoms with Crippen LogP contribution >= 0.6 is 11.3 Å². The smallest absolute Gasteiger partial charge is 0.348 e. The average molecular weight is 429 g/mol. The van der Waals surface area contributed by atoms with Crippen LogP contribution in [0.2, 0.25) is 0 Å². The van der Waals surface area contributed by atoms with Crippen molar-refractivity contribution in [1.29, 1.82) is 0 Å². The van der Waals surface area contributed by atoms with Gasteiger partial charge in [0, 0.05) is 11.6 Å². The van der Waals surface area contributed by atoms with Gasteiger partial charge in [-0.05, 0) is 50.8 Å². The van der Waals surface area contributed by atoms with Crippen LogP contribution in [0.25, 0.3) is 0 Å². The van der Waals surface area contributed by atoms with Gasteiger partial charge in [-0.1, -0.05) is 37.5 Å². The Kier molecular flexibility index (Phi) is 7.26. The predicted octanol–water partition coefficient (Wildman–Crippen LogP) is 4.86. The van der Waals surface area contributed by atoms with E-state index in [1.807, 2.05) is 19.1 Å². The first kappa shape index (κ1) is 22.0. The van der Waals surface area contributed by atoms with Gasteiger partial charge in [0.1, 0.15) is 9.88 Å². The van der Waals surface area contributed by atoms with Gasteiger partial charge >= 0.3 is 5.97 Å². The Morgan fingerprint density at radius 2 is 1.77 bits per heavy atom. The first-order valence-corrected chi connectivity index (χ1v) is 11.2. The third-order valence-electron chi connectivity index (χ3n) is 5.39. The second kappa shape index (κ2) is 9.89. The Morgan fingerprint density at radius 3 is 2.43 bits per heavy atom. The Morgan fingerprint density at radius 1 is 1.07 bits per heavy atom. The number of carbonyl (C=O) groups excluding carboxylic acids is 3. The highest BCUT2D eigenvalue weighted by Gasteiger charge is 2.28. The molecule has 2 aromatic rings. The van der Waals surface area contributed by atoms with Crippen LogP contribution in [0.1, 0.15) is 80.5 Å². The first-order chi connectivity index (χ1) is 14.4. The van der Waals surface area contributed by atoms with Crippen LogP contribution in [0.4, 0.5) is 5.00 Å². The highest BCUT2D eigenvalue weighted by molar-refractivity contribution is 7.18. The summed E-state index contributed by atoms with van der Waals surface area (Å²) in [5.41, 5.74) is 2.24. The minimum Gasteiger partial charge on any atom is -0.462 e. The van der Waals surface area contributed by atoms with E-state index in [-0.39, 0.29) is 24.5 Å². The molecule has 0 saturated heterocycles. The number of esters is 1. The molecule has 0 spiro atoms. The number of nitrogens with one attached hydrogen (secondary N) is 2. The molecule has 1 saturated carbocycles. The zero-order chi connectivity index (χ0) is 21.7. The fourth-order valence-corrected chi connectivity index (χ4v) is 4.86. The molecule has 0 atom stereocenters. The third kappa shape index (κ3) is 4.90. The van der Waals surface area contributed by atoms with Gasteiger partial charge in [0.2, 0.25) is 0 Å². The maximum Gasteiger partial charge on any atom is 0.348 e. The topological polar surface area (TPSA) is 84.5 Å². The van der Waals surface area contributed by atoms with Crippen LogP contribution in [0, 0.1) is 13.8 Å². The van der Waals surface area contributed by atoms with E-state index < -0.39 is 5.97 Å². The van der Waals surface area contributed by atoms with Crippen LogP contribution in [0.5, 0.6) is 0 Å². The van der Waals surface area contributed by atoms with Gasteiger partial charge in [0.05, 0.1) is 12.2 Å². The van der Waals surface area contributed by atoms with Crippen molar-refractivity contribution >= 4 is 34.1 Å². The molecule has 0 unspecified atom stereocenters. The van der Waals surface area contributed by atoms with Gasteiger partial charge in [-0.15, -0.1) is 11.3 Å². The molecule has 0 aliphatic heterocycles. The minimum atomic E-state index is -0.483. The Bertz CT molecular complexity index is 945. The third-order valence-corrected chi connectivity index (χ3v) is 6.58. The standard InChI is InChI=1S/C23H28N2O4S/c1-4-29-23(28)19-15(3)18(21(27)24-16-11-6-5-7-12-16)22(30-19)25-20(26)17-13-9-8-10-14(17)2/h8-10,13,16H,4-7,11-12H2,1-3H3,(H,24,27)(H,25,26). The maximum atomic E-state index is 13.1. The molecule has 1 aliphatic rings. The second-order valence-electron chi connectivity index (χ2n) is 7.56. The molecule has 1 heterocycles. The van der Waals surface area contributed by atoms with E-state index in [0.29, 0.717) is 26.6 Å². The number of anilines is 1. The van der Waals surface area contributed by atoms with Crippen molar-refractivity contribution in [1.82, 2.24) is 5.32 Å². The van der Waals surface area contributed by atoms with Crippen LogP contribution < -0.4 is 10.6 Å². The number of thiophene rings is 1. The lowest BCUT2D eigenvalue weighted by molar-refractivity contribution is 0.0531. The Hall–Kier alpha value is -2.67. The summed E-state index contributed by atoms with van der Waals surface area (Å²) in [4.78, 5) is 38.7. The fraction of sp³-hybridized carbons (Fsp3) is 0.435. The maximum absolute atomic E-state index is 13.1. The van der Waals surface area contributed by atoms with Gasteiger partial charge in [-0.25, -0.2) is 4.79 Å². The van der Waals surface area contributed by atoms with Crippen molar-refractivity contribution in [3.8, 4) is 0 Å². The highest BCUT2D eigenvalue weighted by Crippen LogP contribution is 2.34. The molecule has 1 aromatic carbocycles. The van der Waals surface area contributed by atoms with E-state index in [0.717, 1.165) is 42.6 Å². The van der Waals surface area contributed by atoms with E-state index in [1.54, 1.807) is 26.0 Å². The summed E-state index contributed by atoms with van der Waals surface area (Å²) in [6, 6.07) is 7.37. The SMILES string of the molecule is CCOC(=O)c1sc(NC(=O)c2ccccc2C)c(C(=O)NC2CCCCC2)c1C. The molecule has 30 heavy (non-hydrogen) atoms. The van der Waals surface area contributed by atoms with E-state index in [1.165, 1.54) is 6.42 Å². The van der Waals surface area contributed by atoms with Crippen LogP contribution in [0.3, 0.4) is 0 Å². The molecule has 0 bridgehead atoms. The van der Waals surface area contributed by atoms with E-state index in [9.17, 15) is 14.4 Å². The molecule has 2 amide bonds. The lowest BCUT2D eigenvalue weighted by atomic mass is 9.95. The Labute approximate surface area is 181 Å². The number of amides is 2. The predicted molar refractivity (Wildman–Crippen MR) is 118 cm³/mol. The van der Waals surface area contributed by atoms with Gasteiger partial charge in [0.25, 0.3) is 11.8 Å². The van der Waals surface area contributed by atoms with Crippen LogP contribution in [0.15, 0.2) is 24.3 Å². The van der Waals surface area contributed by atoms with Crippen molar-refractivity contribution in [3.05, 3.63) is 51.4 Å². The van der Waals surface area contributed by atoms with Crippen molar-refractivity contribution in [3.63, 3.8) is 0 Å². The van der Waals surface area contributed by atoms with Crippen LogP contribution in [-0.2, 0) is 4.74 Å². The van der Waals surface area contributed by atoms with E-state index in [4.69, 9.17) is 4.74 Å². The van der Waals surface area contributed by atoms with E-state index in [2.05, 4.69) is 10.6 Å². The number of hydrogen-bond acceptors (Lipinski definition) is 5. The average Bonchev–Trinajstić information content (AvgIpc) is 3.05. The molecule has 1 aromatic heterocycles. The first-order valence-electron chi connectivity index (χ1n) is 10.4. The summed E-state index contributed by atoms with van der Waals surface area (Å²) < 4.78 is 5.14. The summed E-state index contributed by atoms with van der Waals surface area (Å²) in [6.07, 6.45) is 5.28. The normalized spacial score (nSPS) is 14.2. The molecule has 1 aliphatic carbocycles. The number of aryl methyl sites for hydroxylation is 1. The number of hydrogen-bond donors (Lipinski definition) is 2. The van der Waals surface area contributed by atoms with Crippen LogP contribution in [-0.4, -0.2) is 30.4 Å². The monoisotopic (exact) mass is 428 g/mol. The molecular formula is C23H28N2O4S. The molecule has 160 valence electrons. The largest absolute Gasteiger partial charge is 0.462 e. The summed E-state index contributed by atoms with van der Waals surface area (Å²) in [7, 11) is 0. The molecule has 6 nitrogen and oxygen atoms in total. The number of benzene rings is 1. The lowest BCUT2D eigenvalue weighted by Gasteiger charge is -2.23. The lowest BCUT2D eigenvalue weighted by Crippen LogP contribution is -2.36. The number of rotatable bonds is 6. The number of ether oxygens (including phenoxy) is 1. The summed E-state index contributed by atoms with van der Waals surface area (Å²) in [6.45, 7) is 5.56. The minimum absolute atomic E-state index is 0.122. The molecule has 1 fully saturated rings. The molecule has 0 radical (unpaired) electrons. The molecule has 3 rings (SSSR count). The van der Waals surface area contributed by atoms with Crippen molar-refractivity contribution < 1.29 is 19.1 Å². The molecule has 7 heteroatoms. The summed E-state index contributed by atoms with van der Waals surface area (Å²) >= 11 is 1.09. The quantitative estimate of drug-likeness (QED) is 0.644.